The summed E-state index contributed by atoms with van der Waals surface area (Å²) in [6.07, 6.45) is 0.658. The second kappa shape index (κ2) is 6.83. The van der Waals surface area contributed by atoms with Crippen LogP contribution in [0.4, 0.5) is 4.39 Å². The van der Waals surface area contributed by atoms with E-state index in [0.29, 0.717) is 25.1 Å². The number of hydrogen-bond acceptors (Lipinski definition) is 4. The molecule has 1 atom stereocenters. The minimum atomic E-state index is -3.60. The molecule has 0 saturated carbocycles. The number of benzene rings is 1. The van der Waals surface area contributed by atoms with E-state index in [0.717, 1.165) is 13.1 Å². The maximum absolute atomic E-state index is 13.2. The van der Waals surface area contributed by atoms with Gasteiger partial charge in [0.05, 0.1) is 17.6 Å². The van der Waals surface area contributed by atoms with Crippen LogP contribution in [0.1, 0.15) is 12.0 Å². The molecule has 2 rings (SSSR count). The highest BCUT2D eigenvalue weighted by Crippen LogP contribution is 2.14. The van der Waals surface area contributed by atoms with E-state index in [1.54, 1.807) is 6.92 Å². The molecule has 7 heteroatoms. The predicted molar refractivity (Wildman–Crippen MR) is 78.2 cm³/mol. The second-order valence-electron chi connectivity index (χ2n) is 5.35. The fourth-order valence-corrected chi connectivity index (χ4v) is 3.40. The molecule has 0 bridgehead atoms. The first-order valence-electron chi connectivity index (χ1n) is 6.94. The van der Waals surface area contributed by atoms with E-state index in [1.165, 1.54) is 18.2 Å². The Hall–Kier alpha value is -1.02. The number of hydrogen-bond donors (Lipinski definition) is 1. The minimum Gasteiger partial charge on any atom is -0.376 e. The summed E-state index contributed by atoms with van der Waals surface area (Å²) in [5, 5.41) is 0. The van der Waals surface area contributed by atoms with E-state index in [4.69, 9.17) is 4.74 Å². The van der Waals surface area contributed by atoms with Crippen molar-refractivity contribution in [3.8, 4) is 0 Å². The van der Waals surface area contributed by atoms with Gasteiger partial charge in [0.2, 0.25) is 10.0 Å². The van der Waals surface area contributed by atoms with Gasteiger partial charge in [0, 0.05) is 19.6 Å². The Kier molecular flexibility index (Phi) is 5.32. The maximum Gasteiger partial charge on any atom is 0.240 e. The van der Waals surface area contributed by atoms with Crippen LogP contribution in [-0.4, -0.2) is 52.7 Å². The van der Waals surface area contributed by atoms with Crippen molar-refractivity contribution in [2.45, 2.75) is 24.3 Å². The number of nitrogens with zero attached hydrogens (tertiary/aromatic N) is 1. The highest BCUT2D eigenvalue weighted by molar-refractivity contribution is 7.89. The lowest BCUT2D eigenvalue weighted by Gasteiger charge is -2.30. The van der Waals surface area contributed by atoms with Gasteiger partial charge in [0.15, 0.2) is 0 Å². The average Bonchev–Trinajstić information content (AvgIpc) is 2.41. The fourth-order valence-electron chi connectivity index (χ4n) is 2.26. The Morgan fingerprint density at radius 3 is 2.90 bits per heavy atom. The Balaban J connectivity index is 1.90. The molecule has 1 aromatic rings. The van der Waals surface area contributed by atoms with Gasteiger partial charge in [-0.15, -0.1) is 0 Å². The molecule has 5 nitrogen and oxygen atoms in total. The van der Waals surface area contributed by atoms with Gasteiger partial charge in [-0.2, -0.15) is 0 Å². The molecule has 1 saturated heterocycles. The summed E-state index contributed by atoms with van der Waals surface area (Å²) in [4.78, 5) is 2.24. The van der Waals surface area contributed by atoms with Gasteiger partial charge >= 0.3 is 0 Å². The zero-order valence-corrected chi connectivity index (χ0v) is 13.1. The molecule has 1 aliphatic rings. The van der Waals surface area contributed by atoms with E-state index in [1.807, 2.05) is 7.05 Å². The topological polar surface area (TPSA) is 58.6 Å². The highest BCUT2D eigenvalue weighted by atomic mass is 32.2. The molecule has 0 amide bonds. The summed E-state index contributed by atoms with van der Waals surface area (Å²) >= 11 is 0. The first-order valence-corrected chi connectivity index (χ1v) is 8.43. The standard InChI is InChI=1S/C14H21FN2O3S/c1-11-9-13(3-4-14(11)15)21(18,19)16-6-5-12-10-17(2)7-8-20-12/h3-4,9,12,16H,5-8,10H2,1-2H3. The lowest BCUT2D eigenvalue weighted by molar-refractivity contribution is -0.0222. The molecule has 0 radical (unpaired) electrons. The molecule has 1 unspecified atom stereocenters. The smallest absolute Gasteiger partial charge is 0.240 e. The van der Waals surface area contributed by atoms with E-state index in [2.05, 4.69) is 9.62 Å². The Morgan fingerprint density at radius 2 is 2.24 bits per heavy atom. The zero-order valence-electron chi connectivity index (χ0n) is 12.3. The number of likely N-dealkylation sites (N-methyl/N-ethyl adjacent to an activating group) is 1. The van der Waals surface area contributed by atoms with Crippen LogP contribution in [-0.2, 0) is 14.8 Å². The van der Waals surface area contributed by atoms with Gasteiger partial charge in [-0.25, -0.2) is 17.5 Å². The number of sulfonamides is 1. The number of aryl methyl sites for hydroxylation is 1. The number of rotatable bonds is 5. The molecule has 0 aromatic heterocycles. The summed E-state index contributed by atoms with van der Waals surface area (Å²) in [5.41, 5.74) is 0.315. The van der Waals surface area contributed by atoms with E-state index in [9.17, 15) is 12.8 Å². The van der Waals surface area contributed by atoms with Crippen LogP contribution in [0.25, 0.3) is 0 Å². The molecule has 1 heterocycles. The molecule has 0 spiro atoms. The molecule has 1 aromatic carbocycles. The summed E-state index contributed by atoms with van der Waals surface area (Å²) < 4.78 is 45.5. The van der Waals surface area contributed by atoms with Crippen LogP contribution in [0.2, 0.25) is 0 Å². The van der Waals surface area contributed by atoms with Crippen LogP contribution in [0.15, 0.2) is 23.1 Å². The third-order valence-corrected chi connectivity index (χ3v) is 5.00. The van der Waals surface area contributed by atoms with Crippen LogP contribution in [0.3, 0.4) is 0 Å². The van der Waals surface area contributed by atoms with Gasteiger partial charge in [-0.1, -0.05) is 0 Å². The Labute approximate surface area is 125 Å². The summed E-state index contributed by atoms with van der Waals surface area (Å²) in [7, 11) is -1.58. The van der Waals surface area contributed by atoms with Gasteiger partial charge in [0.1, 0.15) is 5.82 Å². The first kappa shape index (κ1) is 16.4. The zero-order chi connectivity index (χ0) is 15.5. The summed E-state index contributed by atoms with van der Waals surface area (Å²) in [5.74, 6) is -0.410. The molecule has 1 aliphatic heterocycles. The molecule has 1 N–H and O–H groups in total. The summed E-state index contributed by atoms with van der Waals surface area (Å²) in [6.45, 7) is 4.22. The van der Waals surface area contributed by atoms with Crippen molar-refractivity contribution < 1.29 is 17.5 Å². The number of nitrogens with one attached hydrogen (secondary N) is 1. The van der Waals surface area contributed by atoms with Crippen molar-refractivity contribution in [3.63, 3.8) is 0 Å². The third-order valence-electron chi connectivity index (χ3n) is 3.54. The first-order chi connectivity index (χ1) is 9.88. The Bertz CT molecular complexity index is 592. The lowest BCUT2D eigenvalue weighted by atomic mass is 10.2. The highest BCUT2D eigenvalue weighted by Gasteiger charge is 2.19. The van der Waals surface area contributed by atoms with Gasteiger partial charge in [-0.05, 0) is 44.2 Å². The largest absolute Gasteiger partial charge is 0.376 e. The Morgan fingerprint density at radius 1 is 1.48 bits per heavy atom. The van der Waals surface area contributed by atoms with Gasteiger partial charge in [0.25, 0.3) is 0 Å². The fraction of sp³-hybridized carbons (Fsp3) is 0.571. The van der Waals surface area contributed by atoms with Crippen LogP contribution < -0.4 is 4.72 Å². The van der Waals surface area contributed by atoms with Gasteiger partial charge < -0.3 is 9.64 Å². The molecular formula is C14H21FN2O3S. The van der Waals surface area contributed by atoms with Crippen molar-refractivity contribution in [2.24, 2.45) is 0 Å². The van der Waals surface area contributed by atoms with E-state index < -0.39 is 15.8 Å². The molecule has 0 aliphatic carbocycles. The quantitative estimate of drug-likeness (QED) is 0.885. The van der Waals surface area contributed by atoms with E-state index >= 15 is 0 Å². The number of ether oxygens (including phenoxy) is 1. The molecule has 118 valence electrons. The van der Waals surface area contributed by atoms with Gasteiger partial charge in [-0.3, -0.25) is 0 Å². The lowest BCUT2D eigenvalue weighted by Crippen LogP contribution is -2.41. The van der Waals surface area contributed by atoms with Crippen LogP contribution in [0.5, 0.6) is 0 Å². The van der Waals surface area contributed by atoms with E-state index in [-0.39, 0.29) is 11.0 Å². The maximum atomic E-state index is 13.2. The third kappa shape index (κ3) is 4.47. The molecular weight excluding hydrogens is 295 g/mol. The summed E-state index contributed by atoms with van der Waals surface area (Å²) in [6, 6.07) is 3.78. The van der Waals surface area contributed by atoms with Crippen molar-refractivity contribution in [3.05, 3.63) is 29.6 Å². The van der Waals surface area contributed by atoms with Crippen LogP contribution in [0, 0.1) is 12.7 Å². The average molecular weight is 316 g/mol. The number of halogens is 1. The normalized spacial score (nSPS) is 20.6. The number of morpholine rings is 1. The monoisotopic (exact) mass is 316 g/mol. The second-order valence-corrected chi connectivity index (χ2v) is 7.12. The van der Waals surface area contributed by atoms with Crippen molar-refractivity contribution in [1.29, 1.82) is 0 Å². The molecule has 21 heavy (non-hydrogen) atoms. The minimum absolute atomic E-state index is 0.0430. The van der Waals surface area contributed by atoms with Crippen molar-refractivity contribution >= 4 is 10.0 Å². The predicted octanol–water partition coefficient (Wildman–Crippen LogP) is 1.13. The molecule has 1 fully saturated rings. The van der Waals surface area contributed by atoms with Crippen molar-refractivity contribution in [1.82, 2.24) is 9.62 Å². The van der Waals surface area contributed by atoms with Crippen molar-refractivity contribution in [2.75, 3.05) is 33.3 Å². The SMILES string of the molecule is Cc1cc(S(=O)(=O)NCCC2CN(C)CCO2)ccc1F. The van der Waals surface area contributed by atoms with Crippen LogP contribution >= 0.6 is 0 Å².